The Morgan fingerprint density at radius 2 is 1.74 bits per heavy atom. The smallest absolute Gasteiger partial charge is 0.247 e. The Hall–Kier alpha value is -1.80. The minimum atomic E-state index is -3.88. The molecule has 7 nitrogen and oxygen atoms in total. The number of carbonyl (C=O) groups is 1. The summed E-state index contributed by atoms with van der Waals surface area (Å²) in [6, 6.07) is 4.51. The van der Waals surface area contributed by atoms with Gasteiger partial charge >= 0.3 is 0 Å². The molecule has 23 heavy (non-hydrogen) atoms. The standard InChI is InChI=1S/C15H24N2O5S/c1-6-17(7-2)15(18)11-16(3)23(19,20)14-10-12(21-4)8-9-13(14)22-5/h8-10H,6-7,11H2,1-5H3. The zero-order valence-corrected chi connectivity index (χ0v) is 15.0. The van der Waals surface area contributed by atoms with Crippen LogP contribution in [0.5, 0.6) is 11.5 Å². The van der Waals surface area contributed by atoms with Crippen LogP contribution in [-0.4, -0.2) is 64.4 Å². The third-order valence-corrected chi connectivity index (χ3v) is 5.36. The van der Waals surface area contributed by atoms with Crippen molar-refractivity contribution in [3.63, 3.8) is 0 Å². The van der Waals surface area contributed by atoms with Gasteiger partial charge in [0.2, 0.25) is 15.9 Å². The van der Waals surface area contributed by atoms with Crippen LogP contribution >= 0.6 is 0 Å². The van der Waals surface area contributed by atoms with Crippen LogP contribution in [0.25, 0.3) is 0 Å². The van der Waals surface area contributed by atoms with Gasteiger partial charge in [-0.15, -0.1) is 0 Å². The monoisotopic (exact) mass is 344 g/mol. The Morgan fingerprint density at radius 1 is 1.13 bits per heavy atom. The summed E-state index contributed by atoms with van der Waals surface area (Å²) in [5, 5.41) is 0. The van der Waals surface area contributed by atoms with Gasteiger partial charge in [0.25, 0.3) is 0 Å². The largest absolute Gasteiger partial charge is 0.497 e. The first-order valence-electron chi connectivity index (χ1n) is 7.27. The second-order valence-electron chi connectivity index (χ2n) is 4.84. The highest BCUT2D eigenvalue weighted by atomic mass is 32.2. The quantitative estimate of drug-likeness (QED) is 0.708. The van der Waals surface area contributed by atoms with E-state index in [1.54, 1.807) is 11.0 Å². The molecular formula is C15H24N2O5S. The van der Waals surface area contributed by atoms with Crippen LogP contribution in [0.4, 0.5) is 0 Å². The van der Waals surface area contributed by atoms with Crippen LogP contribution in [0.1, 0.15) is 13.8 Å². The Kier molecular flexibility index (Phi) is 6.83. The summed E-state index contributed by atoms with van der Waals surface area (Å²) in [6.45, 7) is 4.53. The molecule has 1 aromatic rings. The molecule has 0 aromatic heterocycles. The summed E-state index contributed by atoms with van der Waals surface area (Å²) in [6.07, 6.45) is 0. The number of benzene rings is 1. The normalized spacial score (nSPS) is 11.4. The maximum Gasteiger partial charge on any atom is 0.247 e. The molecule has 0 fully saturated rings. The first-order valence-corrected chi connectivity index (χ1v) is 8.71. The maximum absolute atomic E-state index is 12.7. The van der Waals surface area contributed by atoms with Gasteiger partial charge in [-0.3, -0.25) is 4.79 Å². The number of ether oxygens (including phenoxy) is 2. The van der Waals surface area contributed by atoms with E-state index >= 15 is 0 Å². The van der Waals surface area contributed by atoms with E-state index in [0.29, 0.717) is 18.8 Å². The molecule has 0 radical (unpaired) electrons. The van der Waals surface area contributed by atoms with Crippen molar-refractivity contribution in [1.29, 1.82) is 0 Å². The summed E-state index contributed by atoms with van der Waals surface area (Å²) < 4.78 is 36.7. The molecule has 0 saturated heterocycles. The van der Waals surface area contributed by atoms with Crippen molar-refractivity contribution < 1.29 is 22.7 Å². The third-order valence-electron chi connectivity index (χ3n) is 3.53. The molecule has 0 bridgehead atoms. The van der Waals surface area contributed by atoms with Gasteiger partial charge in [-0.05, 0) is 26.0 Å². The molecule has 0 aliphatic carbocycles. The van der Waals surface area contributed by atoms with Crippen molar-refractivity contribution in [2.75, 3.05) is 40.9 Å². The van der Waals surface area contributed by atoms with Gasteiger partial charge in [-0.1, -0.05) is 0 Å². The minimum absolute atomic E-state index is 0.0332. The number of methoxy groups -OCH3 is 2. The topological polar surface area (TPSA) is 76.2 Å². The summed E-state index contributed by atoms with van der Waals surface area (Å²) in [7, 11) is 0.333. The number of likely N-dealkylation sites (N-methyl/N-ethyl adjacent to an activating group) is 2. The minimum Gasteiger partial charge on any atom is -0.497 e. The van der Waals surface area contributed by atoms with E-state index in [0.717, 1.165) is 4.31 Å². The Labute approximate surface area is 137 Å². The first-order chi connectivity index (χ1) is 10.8. The van der Waals surface area contributed by atoms with Gasteiger partial charge in [-0.2, -0.15) is 4.31 Å². The number of amides is 1. The molecule has 1 aromatic carbocycles. The van der Waals surface area contributed by atoms with E-state index in [1.165, 1.54) is 33.4 Å². The second-order valence-corrected chi connectivity index (χ2v) is 6.86. The average molecular weight is 344 g/mol. The molecule has 0 heterocycles. The van der Waals surface area contributed by atoms with Crippen molar-refractivity contribution in [2.24, 2.45) is 0 Å². The Morgan fingerprint density at radius 3 is 2.22 bits per heavy atom. The van der Waals surface area contributed by atoms with Crippen molar-refractivity contribution in [2.45, 2.75) is 18.7 Å². The van der Waals surface area contributed by atoms with Crippen LogP contribution in [0.15, 0.2) is 23.1 Å². The zero-order valence-electron chi connectivity index (χ0n) is 14.2. The molecular weight excluding hydrogens is 320 g/mol. The van der Waals surface area contributed by atoms with E-state index in [9.17, 15) is 13.2 Å². The molecule has 0 aliphatic rings. The fourth-order valence-electron chi connectivity index (χ4n) is 2.11. The number of hydrogen-bond donors (Lipinski definition) is 0. The first kappa shape index (κ1) is 19.2. The van der Waals surface area contributed by atoms with Crippen LogP contribution in [0, 0.1) is 0 Å². The summed E-state index contributed by atoms with van der Waals surface area (Å²) >= 11 is 0. The number of nitrogens with zero attached hydrogens (tertiary/aromatic N) is 2. The number of carbonyl (C=O) groups excluding carboxylic acids is 1. The van der Waals surface area contributed by atoms with Gasteiger partial charge in [0.05, 0.1) is 20.8 Å². The van der Waals surface area contributed by atoms with E-state index in [1.807, 2.05) is 13.8 Å². The Balaban J connectivity index is 3.13. The van der Waals surface area contributed by atoms with Crippen LogP contribution < -0.4 is 9.47 Å². The van der Waals surface area contributed by atoms with E-state index < -0.39 is 10.0 Å². The van der Waals surface area contributed by atoms with E-state index in [4.69, 9.17) is 9.47 Å². The fraction of sp³-hybridized carbons (Fsp3) is 0.533. The molecule has 1 rings (SSSR count). The lowest BCUT2D eigenvalue weighted by molar-refractivity contribution is -0.130. The molecule has 0 unspecified atom stereocenters. The fourth-order valence-corrected chi connectivity index (χ4v) is 3.39. The van der Waals surface area contributed by atoms with Crippen LogP contribution in [-0.2, 0) is 14.8 Å². The summed E-state index contributed by atoms with van der Waals surface area (Å²) in [5.74, 6) is 0.351. The van der Waals surface area contributed by atoms with Gasteiger partial charge in [-0.25, -0.2) is 8.42 Å². The number of sulfonamides is 1. The molecule has 0 atom stereocenters. The predicted molar refractivity (Wildman–Crippen MR) is 87.3 cm³/mol. The highest BCUT2D eigenvalue weighted by Gasteiger charge is 2.28. The lowest BCUT2D eigenvalue weighted by atomic mass is 10.3. The predicted octanol–water partition coefficient (Wildman–Crippen LogP) is 1.19. The molecule has 0 spiro atoms. The highest BCUT2D eigenvalue weighted by molar-refractivity contribution is 7.89. The molecule has 8 heteroatoms. The summed E-state index contributed by atoms with van der Waals surface area (Å²) in [4.78, 5) is 13.7. The lowest BCUT2D eigenvalue weighted by Gasteiger charge is -2.23. The van der Waals surface area contributed by atoms with Crippen molar-refractivity contribution in [1.82, 2.24) is 9.21 Å². The van der Waals surface area contributed by atoms with Gasteiger partial charge in [0.1, 0.15) is 16.4 Å². The second kappa shape index (κ2) is 8.16. The van der Waals surface area contributed by atoms with Crippen molar-refractivity contribution in [3.8, 4) is 11.5 Å². The lowest BCUT2D eigenvalue weighted by Crippen LogP contribution is -2.41. The van der Waals surface area contributed by atoms with Crippen molar-refractivity contribution in [3.05, 3.63) is 18.2 Å². The molecule has 0 N–H and O–H groups in total. The number of rotatable bonds is 8. The van der Waals surface area contributed by atoms with Gasteiger partial charge in [0, 0.05) is 26.2 Å². The Bertz CT molecular complexity index is 641. The zero-order chi connectivity index (χ0) is 17.6. The van der Waals surface area contributed by atoms with E-state index in [-0.39, 0.29) is 23.1 Å². The highest BCUT2D eigenvalue weighted by Crippen LogP contribution is 2.30. The molecule has 130 valence electrons. The van der Waals surface area contributed by atoms with Gasteiger partial charge < -0.3 is 14.4 Å². The van der Waals surface area contributed by atoms with Crippen LogP contribution in [0.2, 0.25) is 0 Å². The summed E-state index contributed by atoms with van der Waals surface area (Å²) in [5.41, 5.74) is 0. The molecule has 1 amide bonds. The van der Waals surface area contributed by atoms with E-state index in [2.05, 4.69) is 0 Å². The van der Waals surface area contributed by atoms with Gasteiger partial charge in [0.15, 0.2) is 0 Å². The number of hydrogen-bond acceptors (Lipinski definition) is 5. The van der Waals surface area contributed by atoms with Crippen LogP contribution in [0.3, 0.4) is 0 Å². The maximum atomic E-state index is 12.7. The molecule has 0 saturated carbocycles. The SMILES string of the molecule is CCN(CC)C(=O)CN(C)S(=O)(=O)c1cc(OC)ccc1OC. The molecule has 0 aliphatic heterocycles. The average Bonchev–Trinajstić information content (AvgIpc) is 2.55. The third kappa shape index (κ3) is 4.35. The van der Waals surface area contributed by atoms with Crippen molar-refractivity contribution >= 4 is 15.9 Å².